The molecule has 0 aliphatic rings. The molecule has 2 N–H and O–H groups in total. The fraction of sp³-hybridized carbons (Fsp3) is 0.333. The molecule has 0 spiro atoms. The lowest BCUT2D eigenvalue weighted by molar-refractivity contribution is 0.0954. The molecule has 0 bridgehead atoms. The molecule has 0 unspecified atom stereocenters. The third-order valence-corrected chi connectivity index (χ3v) is 3.63. The molecule has 7 nitrogen and oxygen atoms in total. The SMILES string of the molecule is COc1ccc(CNCCNC(=O)c2ccncc2)c(OC)c1OC. The molecule has 25 heavy (non-hydrogen) atoms. The molecule has 0 aliphatic heterocycles. The molecule has 1 aromatic carbocycles. The molecule has 0 saturated carbocycles. The van der Waals surface area contributed by atoms with E-state index in [2.05, 4.69) is 15.6 Å². The minimum absolute atomic E-state index is 0.118. The van der Waals surface area contributed by atoms with Crippen LogP contribution >= 0.6 is 0 Å². The van der Waals surface area contributed by atoms with Crippen LogP contribution < -0.4 is 24.8 Å². The van der Waals surface area contributed by atoms with Crippen molar-refractivity contribution in [1.82, 2.24) is 15.6 Å². The van der Waals surface area contributed by atoms with Gasteiger partial charge < -0.3 is 24.8 Å². The zero-order chi connectivity index (χ0) is 18.1. The Hall–Kier alpha value is -2.80. The Bertz CT molecular complexity index is 692. The van der Waals surface area contributed by atoms with E-state index in [1.54, 1.807) is 45.9 Å². The molecule has 2 rings (SSSR count). The van der Waals surface area contributed by atoms with Crippen molar-refractivity contribution in [2.24, 2.45) is 0 Å². The summed E-state index contributed by atoms with van der Waals surface area (Å²) in [5.41, 5.74) is 1.54. The number of benzene rings is 1. The number of methoxy groups -OCH3 is 3. The summed E-state index contributed by atoms with van der Waals surface area (Å²) in [7, 11) is 4.75. The summed E-state index contributed by atoms with van der Waals surface area (Å²) in [5, 5.41) is 6.12. The second-order valence-electron chi connectivity index (χ2n) is 5.16. The summed E-state index contributed by atoms with van der Waals surface area (Å²) < 4.78 is 16.1. The van der Waals surface area contributed by atoms with Crippen LogP contribution in [0.25, 0.3) is 0 Å². The van der Waals surface area contributed by atoms with E-state index in [1.807, 2.05) is 12.1 Å². The smallest absolute Gasteiger partial charge is 0.251 e. The third kappa shape index (κ3) is 4.84. The predicted molar refractivity (Wildman–Crippen MR) is 94.4 cm³/mol. The topological polar surface area (TPSA) is 81.7 Å². The Kier molecular flexibility index (Phi) is 7.03. The van der Waals surface area contributed by atoms with Crippen LogP contribution in [0.4, 0.5) is 0 Å². The van der Waals surface area contributed by atoms with E-state index in [4.69, 9.17) is 14.2 Å². The third-order valence-electron chi connectivity index (χ3n) is 3.63. The lowest BCUT2D eigenvalue weighted by Crippen LogP contribution is -2.31. The van der Waals surface area contributed by atoms with Gasteiger partial charge in [0.1, 0.15) is 0 Å². The molecular weight excluding hydrogens is 322 g/mol. The first-order chi connectivity index (χ1) is 12.2. The maximum Gasteiger partial charge on any atom is 0.251 e. The summed E-state index contributed by atoms with van der Waals surface area (Å²) in [5.74, 6) is 1.70. The predicted octanol–water partition coefficient (Wildman–Crippen LogP) is 1.63. The van der Waals surface area contributed by atoms with Crippen LogP contribution in [0.3, 0.4) is 0 Å². The van der Waals surface area contributed by atoms with E-state index in [0.717, 1.165) is 5.56 Å². The number of hydrogen-bond acceptors (Lipinski definition) is 6. The van der Waals surface area contributed by atoms with Crippen LogP contribution in [0, 0.1) is 0 Å². The van der Waals surface area contributed by atoms with E-state index in [0.29, 0.717) is 42.4 Å². The molecule has 7 heteroatoms. The van der Waals surface area contributed by atoms with Crippen LogP contribution in [0.5, 0.6) is 17.2 Å². The quantitative estimate of drug-likeness (QED) is 0.672. The molecule has 1 aromatic heterocycles. The van der Waals surface area contributed by atoms with Gasteiger partial charge >= 0.3 is 0 Å². The highest BCUT2D eigenvalue weighted by Crippen LogP contribution is 2.39. The van der Waals surface area contributed by atoms with Gasteiger partial charge in [-0.1, -0.05) is 6.07 Å². The standard InChI is InChI=1S/C18H23N3O4/c1-23-15-5-4-14(16(24-2)17(15)25-3)12-20-10-11-21-18(22)13-6-8-19-9-7-13/h4-9,20H,10-12H2,1-3H3,(H,21,22). The highest BCUT2D eigenvalue weighted by Gasteiger charge is 2.15. The molecule has 0 radical (unpaired) electrons. The van der Waals surface area contributed by atoms with Gasteiger partial charge in [0.15, 0.2) is 11.5 Å². The van der Waals surface area contributed by atoms with E-state index in [9.17, 15) is 4.79 Å². The maximum atomic E-state index is 11.9. The van der Waals surface area contributed by atoms with Gasteiger partial charge in [0.05, 0.1) is 21.3 Å². The summed E-state index contributed by atoms with van der Waals surface area (Å²) in [4.78, 5) is 15.8. The molecule has 2 aromatic rings. The number of carbonyl (C=O) groups is 1. The summed E-state index contributed by atoms with van der Waals surface area (Å²) >= 11 is 0. The van der Waals surface area contributed by atoms with Crippen molar-refractivity contribution >= 4 is 5.91 Å². The van der Waals surface area contributed by atoms with Crippen molar-refractivity contribution in [3.05, 3.63) is 47.8 Å². The van der Waals surface area contributed by atoms with Gasteiger partial charge in [-0.25, -0.2) is 0 Å². The molecule has 0 aliphatic carbocycles. The average Bonchev–Trinajstić information content (AvgIpc) is 2.67. The Labute approximate surface area is 147 Å². The van der Waals surface area contributed by atoms with Crippen LogP contribution in [-0.4, -0.2) is 45.3 Å². The van der Waals surface area contributed by atoms with E-state index < -0.39 is 0 Å². The highest BCUT2D eigenvalue weighted by molar-refractivity contribution is 5.93. The van der Waals surface area contributed by atoms with Crippen molar-refractivity contribution in [2.75, 3.05) is 34.4 Å². The van der Waals surface area contributed by atoms with Gasteiger partial charge in [-0.15, -0.1) is 0 Å². The van der Waals surface area contributed by atoms with Crippen molar-refractivity contribution in [3.8, 4) is 17.2 Å². The molecule has 0 saturated heterocycles. The number of pyridine rings is 1. The highest BCUT2D eigenvalue weighted by atomic mass is 16.5. The molecular formula is C18H23N3O4. The largest absolute Gasteiger partial charge is 0.493 e. The Balaban J connectivity index is 1.85. The van der Waals surface area contributed by atoms with Gasteiger partial charge in [0.2, 0.25) is 5.75 Å². The van der Waals surface area contributed by atoms with Crippen molar-refractivity contribution < 1.29 is 19.0 Å². The number of aromatic nitrogens is 1. The van der Waals surface area contributed by atoms with Gasteiger partial charge in [0, 0.05) is 43.2 Å². The van der Waals surface area contributed by atoms with Crippen molar-refractivity contribution in [1.29, 1.82) is 0 Å². The second kappa shape index (κ2) is 9.48. The Morgan fingerprint density at radius 2 is 1.68 bits per heavy atom. The lowest BCUT2D eigenvalue weighted by atomic mass is 10.1. The van der Waals surface area contributed by atoms with Crippen LogP contribution in [0.15, 0.2) is 36.7 Å². The molecule has 1 heterocycles. The minimum Gasteiger partial charge on any atom is -0.493 e. The fourth-order valence-electron chi connectivity index (χ4n) is 2.40. The van der Waals surface area contributed by atoms with Crippen LogP contribution in [-0.2, 0) is 6.54 Å². The van der Waals surface area contributed by atoms with Crippen LogP contribution in [0.1, 0.15) is 15.9 Å². The van der Waals surface area contributed by atoms with E-state index in [-0.39, 0.29) is 5.91 Å². The van der Waals surface area contributed by atoms with Gasteiger partial charge in [0.25, 0.3) is 5.91 Å². The molecule has 134 valence electrons. The maximum absolute atomic E-state index is 11.9. The molecule has 0 atom stereocenters. The summed E-state index contributed by atoms with van der Waals surface area (Å²) in [6.45, 7) is 1.71. The lowest BCUT2D eigenvalue weighted by Gasteiger charge is -2.16. The first-order valence-corrected chi connectivity index (χ1v) is 7.88. The van der Waals surface area contributed by atoms with Crippen molar-refractivity contribution in [2.45, 2.75) is 6.54 Å². The van der Waals surface area contributed by atoms with E-state index in [1.165, 1.54) is 0 Å². The van der Waals surface area contributed by atoms with E-state index >= 15 is 0 Å². The Morgan fingerprint density at radius 1 is 0.960 bits per heavy atom. The normalized spacial score (nSPS) is 10.2. The van der Waals surface area contributed by atoms with Gasteiger partial charge in [-0.3, -0.25) is 9.78 Å². The van der Waals surface area contributed by atoms with Gasteiger partial charge in [-0.05, 0) is 18.2 Å². The molecule has 1 amide bonds. The Morgan fingerprint density at radius 3 is 2.32 bits per heavy atom. The van der Waals surface area contributed by atoms with Gasteiger partial charge in [-0.2, -0.15) is 0 Å². The minimum atomic E-state index is -0.118. The zero-order valence-corrected chi connectivity index (χ0v) is 14.7. The first kappa shape index (κ1) is 18.5. The number of ether oxygens (including phenoxy) is 3. The second-order valence-corrected chi connectivity index (χ2v) is 5.16. The number of carbonyl (C=O) groups excluding carboxylic acids is 1. The summed E-state index contributed by atoms with van der Waals surface area (Å²) in [6, 6.07) is 7.11. The zero-order valence-electron chi connectivity index (χ0n) is 14.7. The number of hydrogen-bond donors (Lipinski definition) is 2. The number of rotatable bonds is 9. The number of nitrogens with zero attached hydrogens (tertiary/aromatic N) is 1. The van der Waals surface area contributed by atoms with Crippen molar-refractivity contribution in [3.63, 3.8) is 0 Å². The first-order valence-electron chi connectivity index (χ1n) is 7.88. The average molecular weight is 345 g/mol. The fourth-order valence-corrected chi connectivity index (χ4v) is 2.40. The monoisotopic (exact) mass is 345 g/mol. The number of nitrogens with one attached hydrogen (secondary N) is 2. The number of amides is 1. The summed E-state index contributed by atoms with van der Waals surface area (Å²) in [6.07, 6.45) is 3.19. The molecule has 0 fully saturated rings. The van der Waals surface area contributed by atoms with Crippen LogP contribution in [0.2, 0.25) is 0 Å².